The molecule has 0 aliphatic carbocycles. The van der Waals surface area contributed by atoms with Gasteiger partial charge in [-0.15, -0.1) is 0 Å². The first kappa shape index (κ1) is 18.3. The molecule has 0 spiro atoms. The van der Waals surface area contributed by atoms with E-state index in [-0.39, 0.29) is 12.5 Å². The van der Waals surface area contributed by atoms with Gasteiger partial charge in [-0.3, -0.25) is 4.79 Å². The third-order valence-electron chi connectivity index (χ3n) is 4.61. The third-order valence-corrected chi connectivity index (χ3v) is 4.61. The summed E-state index contributed by atoms with van der Waals surface area (Å²) in [4.78, 5) is 24.4. The highest BCUT2D eigenvalue weighted by Gasteiger charge is 2.22. The first-order valence-corrected chi connectivity index (χ1v) is 8.93. The number of nitrogens with zero attached hydrogens (tertiary/aromatic N) is 1. The molecule has 24 heavy (non-hydrogen) atoms. The van der Waals surface area contributed by atoms with E-state index in [0.717, 1.165) is 45.2 Å². The molecule has 2 rings (SSSR count). The number of carboxylic acids is 1. The summed E-state index contributed by atoms with van der Waals surface area (Å²) in [6.07, 6.45) is 5.77. The highest BCUT2D eigenvalue weighted by molar-refractivity contribution is 5.74. The standard InChI is InChI=1S/C19H28N2O3/c22-18(23)9-5-2-6-12-20-19(24)21-13-10-17(11-14-21)15-16-7-3-1-4-8-16/h1,3-4,7-8,17H,2,5-6,9-15H2,(H,20,24)(H,22,23). The lowest BCUT2D eigenvalue weighted by molar-refractivity contribution is -0.137. The van der Waals surface area contributed by atoms with E-state index in [1.165, 1.54) is 5.56 Å². The van der Waals surface area contributed by atoms with Crippen LogP contribution in [-0.2, 0) is 11.2 Å². The fraction of sp³-hybridized carbons (Fsp3) is 0.579. The molecule has 0 radical (unpaired) electrons. The number of amides is 2. The number of carbonyl (C=O) groups is 2. The number of likely N-dealkylation sites (tertiary alicyclic amines) is 1. The van der Waals surface area contributed by atoms with Crippen LogP contribution >= 0.6 is 0 Å². The van der Waals surface area contributed by atoms with E-state index in [0.29, 0.717) is 18.9 Å². The van der Waals surface area contributed by atoms with Gasteiger partial charge in [-0.2, -0.15) is 0 Å². The number of nitrogens with one attached hydrogen (secondary N) is 1. The first-order chi connectivity index (χ1) is 11.6. The number of urea groups is 1. The number of hydrogen-bond donors (Lipinski definition) is 2. The fourth-order valence-corrected chi connectivity index (χ4v) is 3.17. The lowest BCUT2D eigenvalue weighted by Crippen LogP contribution is -2.44. The normalized spacial score (nSPS) is 15.2. The van der Waals surface area contributed by atoms with Gasteiger partial charge >= 0.3 is 12.0 Å². The van der Waals surface area contributed by atoms with Gasteiger partial charge in [0.15, 0.2) is 0 Å². The molecule has 132 valence electrons. The second kappa shape index (κ2) is 9.96. The number of carboxylic acid groups (broad SMARTS) is 1. The van der Waals surface area contributed by atoms with Crippen LogP contribution in [0.25, 0.3) is 0 Å². The van der Waals surface area contributed by atoms with Crippen LogP contribution in [0.2, 0.25) is 0 Å². The summed E-state index contributed by atoms with van der Waals surface area (Å²) >= 11 is 0. The molecule has 1 aromatic carbocycles. The summed E-state index contributed by atoms with van der Waals surface area (Å²) in [6.45, 7) is 2.27. The first-order valence-electron chi connectivity index (χ1n) is 8.93. The van der Waals surface area contributed by atoms with Crippen molar-refractivity contribution in [3.05, 3.63) is 35.9 Å². The summed E-state index contributed by atoms with van der Waals surface area (Å²) in [5.41, 5.74) is 1.38. The molecule has 5 heteroatoms. The minimum atomic E-state index is -0.752. The lowest BCUT2D eigenvalue weighted by atomic mass is 9.90. The van der Waals surface area contributed by atoms with Gasteiger partial charge in [0.25, 0.3) is 0 Å². The van der Waals surface area contributed by atoms with Gasteiger partial charge in [-0.05, 0) is 43.6 Å². The van der Waals surface area contributed by atoms with Crippen LogP contribution in [0.3, 0.4) is 0 Å². The summed E-state index contributed by atoms with van der Waals surface area (Å²) in [5.74, 6) is -0.0927. The van der Waals surface area contributed by atoms with Gasteiger partial charge in [0.05, 0.1) is 0 Å². The number of hydrogen-bond acceptors (Lipinski definition) is 2. The summed E-state index contributed by atoms with van der Waals surface area (Å²) < 4.78 is 0. The van der Waals surface area contributed by atoms with Crippen molar-refractivity contribution >= 4 is 12.0 Å². The van der Waals surface area contributed by atoms with Crippen molar-refractivity contribution in [3.63, 3.8) is 0 Å². The maximum Gasteiger partial charge on any atom is 0.317 e. The van der Waals surface area contributed by atoms with Gasteiger partial charge in [0.1, 0.15) is 0 Å². The van der Waals surface area contributed by atoms with Gasteiger partial charge in [0, 0.05) is 26.1 Å². The Bertz CT molecular complexity index is 511. The average Bonchev–Trinajstić information content (AvgIpc) is 2.59. The van der Waals surface area contributed by atoms with Gasteiger partial charge in [-0.1, -0.05) is 36.8 Å². The number of unbranched alkanes of at least 4 members (excludes halogenated alkanes) is 2. The van der Waals surface area contributed by atoms with E-state index in [9.17, 15) is 9.59 Å². The molecular weight excluding hydrogens is 304 g/mol. The Morgan fingerprint density at radius 1 is 1.08 bits per heavy atom. The van der Waals surface area contributed by atoms with Crippen molar-refractivity contribution in [2.24, 2.45) is 5.92 Å². The van der Waals surface area contributed by atoms with Crippen molar-refractivity contribution in [2.75, 3.05) is 19.6 Å². The van der Waals surface area contributed by atoms with Crippen molar-refractivity contribution in [3.8, 4) is 0 Å². The molecule has 5 nitrogen and oxygen atoms in total. The molecule has 1 fully saturated rings. The van der Waals surface area contributed by atoms with E-state index in [1.807, 2.05) is 11.0 Å². The number of piperidine rings is 1. The molecule has 1 heterocycles. The van der Waals surface area contributed by atoms with Crippen LogP contribution in [0.1, 0.15) is 44.1 Å². The maximum atomic E-state index is 12.1. The van der Waals surface area contributed by atoms with Crippen LogP contribution in [0.5, 0.6) is 0 Å². The highest BCUT2D eigenvalue weighted by atomic mass is 16.4. The van der Waals surface area contributed by atoms with Gasteiger partial charge < -0.3 is 15.3 Å². The minimum Gasteiger partial charge on any atom is -0.481 e. The van der Waals surface area contributed by atoms with Crippen LogP contribution in [0, 0.1) is 5.92 Å². The van der Waals surface area contributed by atoms with E-state index >= 15 is 0 Å². The molecular formula is C19H28N2O3. The fourth-order valence-electron chi connectivity index (χ4n) is 3.17. The predicted octanol–water partition coefficient (Wildman–Crippen LogP) is 3.30. The Kier molecular flexibility index (Phi) is 7.59. The molecule has 0 saturated carbocycles. The quantitative estimate of drug-likeness (QED) is 0.718. The Balaban J connectivity index is 1.58. The minimum absolute atomic E-state index is 0.0198. The van der Waals surface area contributed by atoms with E-state index in [4.69, 9.17) is 5.11 Å². The van der Waals surface area contributed by atoms with E-state index in [1.54, 1.807) is 0 Å². The Morgan fingerprint density at radius 3 is 2.46 bits per heavy atom. The third kappa shape index (κ3) is 6.60. The van der Waals surface area contributed by atoms with Crippen molar-refractivity contribution < 1.29 is 14.7 Å². The molecule has 0 atom stereocenters. The smallest absolute Gasteiger partial charge is 0.317 e. The predicted molar refractivity (Wildman–Crippen MR) is 93.9 cm³/mol. The summed E-state index contributed by atoms with van der Waals surface area (Å²) in [5, 5.41) is 11.5. The van der Waals surface area contributed by atoms with Gasteiger partial charge in [0.2, 0.25) is 0 Å². The molecule has 1 aliphatic rings. The summed E-state index contributed by atoms with van der Waals surface area (Å²) in [7, 11) is 0. The van der Waals surface area contributed by atoms with Crippen molar-refractivity contribution in [1.29, 1.82) is 0 Å². The summed E-state index contributed by atoms with van der Waals surface area (Å²) in [6, 6.07) is 10.6. The number of aliphatic carboxylic acids is 1. The molecule has 0 unspecified atom stereocenters. The molecule has 2 amide bonds. The van der Waals surface area contributed by atoms with Crippen LogP contribution in [0.15, 0.2) is 30.3 Å². The molecule has 1 aromatic rings. The topological polar surface area (TPSA) is 69.6 Å². The van der Waals surface area contributed by atoms with E-state index < -0.39 is 5.97 Å². The monoisotopic (exact) mass is 332 g/mol. The lowest BCUT2D eigenvalue weighted by Gasteiger charge is -2.32. The zero-order valence-corrected chi connectivity index (χ0v) is 14.2. The largest absolute Gasteiger partial charge is 0.481 e. The molecule has 2 N–H and O–H groups in total. The average molecular weight is 332 g/mol. The van der Waals surface area contributed by atoms with E-state index in [2.05, 4.69) is 29.6 Å². The zero-order valence-electron chi connectivity index (χ0n) is 14.2. The van der Waals surface area contributed by atoms with Gasteiger partial charge in [-0.25, -0.2) is 4.79 Å². The number of benzene rings is 1. The zero-order chi connectivity index (χ0) is 17.2. The number of carbonyl (C=O) groups excluding carboxylic acids is 1. The second-order valence-corrected chi connectivity index (χ2v) is 6.56. The van der Waals surface area contributed by atoms with Crippen molar-refractivity contribution in [1.82, 2.24) is 10.2 Å². The maximum absolute atomic E-state index is 12.1. The van der Waals surface area contributed by atoms with Crippen molar-refractivity contribution in [2.45, 2.75) is 44.9 Å². The molecule has 0 aromatic heterocycles. The second-order valence-electron chi connectivity index (χ2n) is 6.56. The highest BCUT2D eigenvalue weighted by Crippen LogP contribution is 2.21. The number of rotatable bonds is 8. The van der Waals surface area contributed by atoms with Crippen LogP contribution in [-0.4, -0.2) is 41.6 Å². The Hall–Kier alpha value is -2.04. The molecule has 0 bridgehead atoms. The van der Waals surface area contributed by atoms with Crippen LogP contribution in [0.4, 0.5) is 4.79 Å². The SMILES string of the molecule is O=C(O)CCCCCNC(=O)N1CCC(Cc2ccccc2)CC1. The molecule has 1 saturated heterocycles. The van der Waals surface area contributed by atoms with Crippen LogP contribution < -0.4 is 5.32 Å². The molecule has 1 aliphatic heterocycles. The Morgan fingerprint density at radius 2 is 1.79 bits per heavy atom. The Labute approximate surface area is 144 Å².